The molecule has 0 aliphatic rings. The number of carboxylic acids is 2. The third-order valence-corrected chi connectivity index (χ3v) is 3.59. The van der Waals surface area contributed by atoms with E-state index >= 15 is 0 Å². The maximum absolute atomic E-state index is 11.8. The summed E-state index contributed by atoms with van der Waals surface area (Å²) in [6.45, 7) is -0.732. The molecule has 1 aromatic carbocycles. The van der Waals surface area contributed by atoms with E-state index in [1.165, 1.54) is 24.3 Å². The lowest BCUT2D eigenvalue weighted by Gasteiger charge is -2.17. The van der Waals surface area contributed by atoms with Gasteiger partial charge in [-0.2, -0.15) is 12.7 Å². The van der Waals surface area contributed by atoms with Gasteiger partial charge < -0.3 is 10.2 Å². The Bertz CT molecular complexity index is 598. The van der Waals surface area contributed by atoms with Gasteiger partial charge in [0.15, 0.2) is 0 Å². The molecule has 104 valence electrons. The van der Waals surface area contributed by atoms with Gasteiger partial charge in [-0.25, -0.2) is 4.79 Å². The summed E-state index contributed by atoms with van der Waals surface area (Å²) in [5.41, 5.74) is -0.359. The number of para-hydroxylation sites is 1. The highest BCUT2D eigenvalue weighted by atomic mass is 32.2. The molecule has 0 unspecified atom stereocenters. The van der Waals surface area contributed by atoms with Crippen LogP contribution in [0.1, 0.15) is 10.4 Å². The van der Waals surface area contributed by atoms with E-state index in [9.17, 15) is 18.0 Å². The zero-order valence-electron chi connectivity index (χ0n) is 9.90. The fourth-order valence-electron chi connectivity index (χ4n) is 1.25. The molecule has 0 atom stereocenters. The number of anilines is 1. The second-order valence-corrected chi connectivity index (χ2v) is 5.39. The number of carboxylic acid groups (broad SMARTS) is 2. The van der Waals surface area contributed by atoms with Gasteiger partial charge in [-0.1, -0.05) is 12.1 Å². The first-order valence-electron chi connectivity index (χ1n) is 5.02. The summed E-state index contributed by atoms with van der Waals surface area (Å²) in [4.78, 5) is 21.4. The van der Waals surface area contributed by atoms with E-state index in [0.29, 0.717) is 4.31 Å². The number of aromatic carboxylic acids is 1. The van der Waals surface area contributed by atoms with Crippen molar-refractivity contribution < 1.29 is 28.2 Å². The Morgan fingerprint density at radius 1 is 1.26 bits per heavy atom. The molecule has 3 N–H and O–H groups in total. The van der Waals surface area contributed by atoms with Crippen LogP contribution in [-0.4, -0.2) is 48.5 Å². The molecule has 0 saturated carbocycles. The first-order chi connectivity index (χ1) is 8.74. The highest BCUT2D eigenvalue weighted by Gasteiger charge is 2.22. The smallest absolute Gasteiger partial charge is 0.337 e. The van der Waals surface area contributed by atoms with Crippen LogP contribution in [0.3, 0.4) is 0 Å². The van der Waals surface area contributed by atoms with Gasteiger partial charge in [-0.05, 0) is 12.1 Å². The Hall–Kier alpha value is -2.13. The van der Waals surface area contributed by atoms with Crippen molar-refractivity contribution in [1.29, 1.82) is 0 Å². The minimum Gasteiger partial charge on any atom is -0.480 e. The molecule has 0 spiro atoms. The van der Waals surface area contributed by atoms with Crippen LogP contribution in [0.15, 0.2) is 24.3 Å². The molecule has 0 fully saturated rings. The largest absolute Gasteiger partial charge is 0.480 e. The molecule has 0 saturated heterocycles. The maximum atomic E-state index is 11.8. The van der Waals surface area contributed by atoms with Crippen LogP contribution >= 0.6 is 0 Å². The van der Waals surface area contributed by atoms with Crippen LogP contribution in [0.2, 0.25) is 0 Å². The number of carbonyl (C=O) groups is 2. The topological polar surface area (TPSA) is 124 Å². The third kappa shape index (κ3) is 3.93. The normalized spacial score (nSPS) is 11.3. The lowest BCUT2D eigenvalue weighted by Crippen LogP contribution is -2.36. The molecule has 1 rings (SSSR count). The first-order valence-corrected chi connectivity index (χ1v) is 6.46. The molecule has 0 heterocycles. The predicted molar refractivity (Wildman–Crippen MR) is 66.2 cm³/mol. The Balaban J connectivity index is 3.02. The second kappa shape index (κ2) is 5.67. The predicted octanol–water partition coefficient (Wildman–Crippen LogP) is 0.0579. The van der Waals surface area contributed by atoms with E-state index in [1.54, 1.807) is 0 Å². The number of hydrogen-bond acceptors (Lipinski definition) is 4. The zero-order valence-corrected chi connectivity index (χ0v) is 10.7. The third-order valence-electron chi connectivity index (χ3n) is 2.16. The van der Waals surface area contributed by atoms with E-state index < -0.39 is 28.7 Å². The van der Waals surface area contributed by atoms with Gasteiger partial charge in [0.25, 0.3) is 0 Å². The molecule has 0 radical (unpaired) electrons. The molecule has 0 aliphatic heterocycles. The lowest BCUT2D eigenvalue weighted by molar-refractivity contribution is -0.137. The Morgan fingerprint density at radius 2 is 1.84 bits per heavy atom. The molecule has 0 aliphatic carbocycles. The Morgan fingerprint density at radius 3 is 2.37 bits per heavy atom. The number of nitrogens with zero attached hydrogens (tertiary/aromatic N) is 1. The minimum absolute atomic E-state index is 0.132. The van der Waals surface area contributed by atoms with Crippen LogP contribution < -0.4 is 4.72 Å². The van der Waals surface area contributed by atoms with Crippen LogP contribution in [-0.2, 0) is 15.0 Å². The molecular formula is C10H12N2O6S. The van der Waals surface area contributed by atoms with Crippen LogP contribution in [0.25, 0.3) is 0 Å². The number of likely N-dealkylation sites (N-methyl/N-ethyl adjacent to an activating group) is 1. The summed E-state index contributed by atoms with van der Waals surface area (Å²) in [5, 5.41) is 17.4. The van der Waals surface area contributed by atoms with Gasteiger partial charge in [-0.15, -0.1) is 0 Å². The molecule has 0 aromatic heterocycles. The molecule has 1 aromatic rings. The van der Waals surface area contributed by atoms with Crippen LogP contribution in [0.4, 0.5) is 5.69 Å². The maximum Gasteiger partial charge on any atom is 0.337 e. The average Bonchev–Trinajstić information content (AvgIpc) is 2.27. The number of benzene rings is 1. The molecule has 0 amide bonds. The summed E-state index contributed by atoms with van der Waals surface area (Å²) >= 11 is 0. The van der Waals surface area contributed by atoms with E-state index in [1.807, 2.05) is 4.72 Å². The average molecular weight is 288 g/mol. The fourth-order valence-corrected chi connectivity index (χ4v) is 2.14. The molecule has 8 nitrogen and oxygen atoms in total. The van der Waals surface area contributed by atoms with Gasteiger partial charge in [0.2, 0.25) is 0 Å². The van der Waals surface area contributed by atoms with Crippen molar-refractivity contribution in [3.63, 3.8) is 0 Å². The van der Waals surface area contributed by atoms with Crippen LogP contribution in [0, 0.1) is 0 Å². The number of rotatable bonds is 6. The van der Waals surface area contributed by atoms with Gasteiger partial charge in [0.1, 0.15) is 6.54 Å². The number of hydrogen-bond donors (Lipinski definition) is 3. The molecule has 9 heteroatoms. The SMILES string of the molecule is CN(CC(=O)O)S(=O)(=O)Nc1ccccc1C(=O)O. The highest BCUT2D eigenvalue weighted by Crippen LogP contribution is 2.17. The van der Waals surface area contributed by atoms with Crippen molar-refractivity contribution in [3.05, 3.63) is 29.8 Å². The van der Waals surface area contributed by atoms with Gasteiger partial charge >= 0.3 is 22.1 Å². The van der Waals surface area contributed by atoms with Crippen molar-refractivity contribution in [2.45, 2.75) is 0 Å². The van der Waals surface area contributed by atoms with Gasteiger partial charge in [0.05, 0.1) is 11.3 Å². The summed E-state index contributed by atoms with van der Waals surface area (Å²) in [5.74, 6) is -2.61. The Kier molecular flexibility index (Phi) is 4.46. The van der Waals surface area contributed by atoms with E-state index in [4.69, 9.17) is 10.2 Å². The highest BCUT2D eigenvalue weighted by molar-refractivity contribution is 7.90. The fraction of sp³-hybridized carbons (Fsp3) is 0.200. The molecular weight excluding hydrogens is 276 g/mol. The van der Waals surface area contributed by atoms with Crippen molar-refractivity contribution in [2.75, 3.05) is 18.3 Å². The van der Waals surface area contributed by atoms with Crippen molar-refractivity contribution >= 4 is 27.8 Å². The quantitative estimate of drug-likeness (QED) is 0.679. The van der Waals surface area contributed by atoms with E-state index in [0.717, 1.165) is 7.05 Å². The first kappa shape index (κ1) is 14.9. The summed E-state index contributed by atoms with van der Waals surface area (Å²) < 4.78 is 26.1. The van der Waals surface area contributed by atoms with Gasteiger partial charge in [-0.3, -0.25) is 9.52 Å². The summed E-state index contributed by atoms with van der Waals surface area (Å²) in [6.07, 6.45) is 0. The van der Waals surface area contributed by atoms with Crippen LogP contribution in [0.5, 0.6) is 0 Å². The van der Waals surface area contributed by atoms with E-state index in [2.05, 4.69) is 0 Å². The lowest BCUT2D eigenvalue weighted by atomic mass is 10.2. The standard InChI is InChI=1S/C10H12N2O6S/c1-12(6-9(13)14)19(17,18)11-8-5-3-2-4-7(8)10(15)16/h2-5,11H,6H2,1H3,(H,13,14)(H,15,16). The zero-order chi connectivity index (χ0) is 14.6. The van der Waals surface area contributed by atoms with Crippen molar-refractivity contribution in [1.82, 2.24) is 4.31 Å². The summed E-state index contributed by atoms with van der Waals surface area (Å²) in [6, 6.07) is 5.41. The van der Waals surface area contributed by atoms with E-state index in [-0.39, 0.29) is 11.3 Å². The minimum atomic E-state index is -4.13. The number of nitrogens with one attached hydrogen (secondary N) is 1. The summed E-state index contributed by atoms with van der Waals surface area (Å²) in [7, 11) is -3.06. The van der Waals surface area contributed by atoms with Crippen molar-refractivity contribution in [2.24, 2.45) is 0 Å². The molecule has 19 heavy (non-hydrogen) atoms. The van der Waals surface area contributed by atoms with Gasteiger partial charge in [0, 0.05) is 7.05 Å². The number of aliphatic carboxylic acids is 1. The second-order valence-electron chi connectivity index (χ2n) is 3.61. The Labute approximate surface area is 109 Å². The van der Waals surface area contributed by atoms with Crippen molar-refractivity contribution in [3.8, 4) is 0 Å². The molecule has 0 bridgehead atoms. The monoisotopic (exact) mass is 288 g/mol.